The van der Waals surface area contributed by atoms with Crippen LogP contribution in [0.5, 0.6) is 0 Å². The summed E-state index contributed by atoms with van der Waals surface area (Å²) in [6.45, 7) is 9.18. The molecule has 0 bridgehead atoms. The maximum absolute atomic E-state index is 11.5. The van der Waals surface area contributed by atoms with E-state index in [9.17, 15) is 8.42 Å². The standard InChI is InChI=1S/C14H30N2O2S/c1-4-8-13-12-16(14(5-2)11-15-13)9-7-10-19(17,18)6-3/h13-15H,4-12H2,1-3H3. The highest BCUT2D eigenvalue weighted by molar-refractivity contribution is 7.91. The van der Waals surface area contributed by atoms with E-state index in [1.165, 1.54) is 12.8 Å². The summed E-state index contributed by atoms with van der Waals surface area (Å²) >= 11 is 0. The van der Waals surface area contributed by atoms with Gasteiger partial charge in [0.15, 0.2) is 0 Å². The first-order valence-corrected chi connectivity index (χ1v) is 9.52. The van der Waals surface area contributed by atoms with E-state index in [-0.39, 0.29) is 5.75 Å². The molecule has 1 rings (SSSR count). The van der Waals surface area contributed by atoms with Crippen LogP contribution in [0.25, 0.3) is 0 Å². The van der Waals surface area contributed by atoms with Crippen molar-refractivity contribution in [1.29, 1.82) is 0 Å². The third-order valence-corrected chi connectivity index (χ3v) is 5.85. The third-order valence-electron chi connectivity index (χ3n) is 4.06. The Bertz CT molecular complexity index is 343. The number of hydrogen-bond acceptors (Lipinski definition) is 4. The van der Waals surface area contributed by atoms with Crippen molar-refractivity contribution in [3.05, 3.63) is 0 Å². The summed E-state index contributed by atoms with van der Waals surface area (Å²) in [6.07, 6.45) is 4.31. The summed E-state index contributed by atoms with van der Waals surface area (Å²) in [7, 11) is -2.81. The van der Waals surface area contributed by atoms with Gasteiger partial charge >= 0.3 is 0 Å². The minimum absolute atomic E-state index is 0.268. The van der Waals surface area contributed by atoms with Crippen LogP contribution in [0.2, 0.25) is 0 Å². The molecular formula is C14H30N2O2S. The average molecular weight is 290 g/mol. The van der Waals surface area contributed by atoms with Gasteiger partial charge in [-0.1, -0.05) is 27.2 Å². The first kappa shape index (κ1) is 16.9. The van der Waals surface area contributed by atoms with Gasteiger partial charge in [0.2, 0.25) is 0 Å². The van der Waals surface area contributed by atoms with Crippen LogP contribution >= 0.6 is 0 Å². The molecule has 1 N–H and O–H groups in total. The molecule has 1 aliphatic heterocycles. The molecule has 114 valence electrons. The van der Waals surface area contributed by atoms with Crippen LogP contribution in [0.3, 0.4) is 0 Å². The minimum atomic E-state index is -2.81. The average Bonchev–Trinajstić information content (AvgIpc) is 2.39. The Morgan fingerprint density at radius 3 is 2.58 bits per heavy atom. The summed E-state index contributed by atoms with van der Waals surface area (Å²) in [5.74, 6) is 0.604. The minimum Gasteiger partial charge on any atom is -0.311 e. The van der Waals surface area contributed by atoms with Gasteiger partial charge in [0.05, 0.1) is 5.75 Å². The second kappa shape index (κ2) is 8.22. The van der Waals surface area contributed by atoms with E-state index in [1.807, 2.05) is 0 Å². The van der Waals surface area contributed by atoms with E-state index in [4.69, 9.17) is 0 Å². The van der Waals surface area contributed by atoms with Gasteiger partial charge in [0, 0.05) is 30.9 Å². The van der Waals surface area contributed by atoms with Gasteiger partial charge in [-0.05, 0) is 25.8 Å². The van der Waals surface area contributed by atoms with Crippen LogP contribution < -0.4 is 5.32 Å². The molecule has 0 aromatic rings. The van der Waals surface area contributed by atoms with Gasteiger partial charge in [-0.15, -0.1) is 0 Å². The number of nitrogens with zero attached hydrogens (tertiary/aromatic N) is 1. The highest BCUT2D eigenvalue weighted by atomic mass is 32.2. The highest BCUT2D eigenvalue weighted by Gasteiger charge is 2.25. The van der Waals surface area contributed by atoms with Gasteiger partial charge in [0.1, 0.15) is 9.84 Å². The van der Waals surface area contributed by atoms with Crippen molar-refractivity contribution >= 4 is 9.84 Å². The lowest BCUT2D eigenvalue weighted by Gasteiger charge is -2.40. The van der Waals surface area contributed by atoms with E-state index in [0.717, 1.165) is 32.5 Å². The van der Waals surface area contributed by atoms with Crippen molar-refractivity contribution < 1.29 is 8.42 Å². The highest BCUT2D eigenvalue weighted by Crippen LogP contribution is 2.14. The topological polar surface area (TPSA) is 49.4 Å². The Labute approximate surface area is 118 Å². The number of hydrogen-bond donors (Lipinski definition) is 1. The molecule has 1 aliphatic rings. The Kier molecular flexibility index (Phi) is 7.32. The molecule has 0 amide bonds. The van der Waals surface area contributed by atoms with Crippen molar-refractivity contribution in [1.82, 2.24) is 10.2 Å². The van der Waals surface area contributed by atoms with Crippen LogP contribution in [0.4, 0.5) is 0 Å². The van der Waals surface area contributed by atoms with Crippen molar-refractivity contribution in [2.45, 2.75) is 58.5 Å². The predicted molar refractivity (Wildman–Crippen MR) is 81.3 cm³/mol. The zero-order chi connectivity index (χ0) is 14.3. The first-order chi connectivity index (χ1) is 9.02. The molecule has 1 saturated heterocycles. The van der Waals surface area contributed by atoms with E-state index < -0.39 is 9.84 Å². The van der Waals surface area contributed by atoms with Gasteiger partial charge in [-0.3, -0.25) is 4.90 Å². The Morgan fingerprint density at radius 2 is 2.00 bits per heavy atom. The smallest absolute Gasteiger partial charge is 0.150 e. The normalized spacial score (nSPS) is 25.6. The van der Waals surface area contributed by atoms with Crippen molar-refractivity contribution in [2.24, 2.45) is 0 Å². The van der Waals surface area contributed by atoms with Gasteiger partial charge in [0.25, 0.3) is 0 Å². The predicted octanol–water partition coefficient (Wildman–Crippen LogP) is 1.66. The lowest BCUT2D eigenvalue weighted by molar-refractivity contribution is 0.123. The summed E-state index contributed by atoms with van der Waals surface area (Å²) in [5, 5.41) is 3.61. The molecule has 0 aromatic heterocycles. The Hall–Kier alpha value is -0.130. The maximum atomic E-state index is 11.5. The molecule has 1 fully saturated rings. The summed E-state index contributed by atoms with van der Waals surface area (Å²) in [5.41, 5.74) is 0. The number of sulfone groups is 1. The van der Waals surface area contributed by atoms with Crippen molar-refractivity contribution in [2.75, 3.05) is 31.1 Å². The molecule has 0 radical (unpaired) electrons. The Balaban J connectivity index is 2.43. The van der Waals surface area contributed by atoms with Gasteiger partial charge < -0.3 is 5.32 Å². The van der Waals surface area contributed by atoms with Crippen LogP contribution in [0.1, 0.15) is 46.5 Å². The van der Waals surface area contributed by atoms with Gasteiger partial charge in [-0.2, -0.15) is 0 Å². The summed E-state index contributed by atoms with van der Waals surface area (Å²) < 4.78 is 23.1. The maximum Gasteiger partial charge on any atom is 0.150 e. The zero-order valence-corrected chi connectivity index (χ0v) is 13.5. The molecule has 5 heteroatoms. The summed E-state index contributed by atoms with van der Waals surface area (Å²) in [4.78, 5) is 2.49. The lowest BCUT2D eigenvalue weighted by Crippen LogP contribution is -2.56. The molecule has 1 heterocycles. The SMILES string of the molecule is CCCC1CN(CCCS(=O)(=O)CC)C(CC)CN1. The number of nitrogens with one attached hydrogen (secondary N) is 1. The second-order valence-corrected chi connectivity index (χ2v) is 8.01. The molecule has 0 aliphatic carbocycles. The fourth-order valence-corrected chi connectivity index (χ4v) is 3.64. The van der Waals surface area contributed by atoms with Crippen LogP contribution in [0, 0.1) is 0 Å². The number of rotatable bonds is 8. The molecular weight excluding hydrogens is 260 g/mol. The second-order valence-electron chi connectivity index (χ2n) is 5.54. The number of piperazine rings is 1. The molecule has 0 spiro atoms. The van der Waals surface area contributed by atoms with Gasteiger partial charge in [-0.25, -0.2) is 8.42 Å². The molecule has 2 atom stereocenters. The molecule has 4 nitrogen and oxygen atoms in total. The lowest BCUT2D eigenvalue weighted by atomic mass is 10.0. The fraction of sp³-hybridized carbons (Fsp3) is 1.00. The quantitative estimate of drug-likeness (QED) is 0.739. The van der Waals surface area contributed by atoms with E-state index in [0.29, 0.717) is 17.8 Å². The van der Waals surface area contributed by atoms with E-state index in [2.05, 4.69) is 24.1 Å². The zero-order valence-electron chi connectivity index (χ0n) is 12.7. The van der Waals surface area contributed by atoms with Crippen LogP contribution in [-0.2, 0) is 9.84 Å². The third kappa shape index (κ3) is 5.79. The molecule has 0 saturated carbocycles. The largest absolute Gasteiger partial charge is 0.311 e. The molecule has 19 heavy (non-hydrogen) atoms. The Morgan fingerprint density at radius 1 is 1.26 bits per heavy atom. The van der Waals surface area contributed by atoms with E-state index >= 15 is 0 Å². The summed E-state index contributed by atoms with van der Waals surface area (Å²) in [6, 6.07) is 1.15. The molecule has 2 unspecified atom stereocenters. The van der Waals surface area contributed by atoms with E-state index in [1.54, 1.807) is 6.92 Å². The fourth-order valence-electron chi connectivity index (χ4n) is 2.78. The monoisotopic (exact) mass is 290 g/mol. The van der Waals surface area contributed by atoms with Crippen LogP contribution in [0.15, 0.2) is 0 Å². The van der Waals surface area contributed by atoms with Crippen molar-refractivity contribution in [3.63, 3.8) is 0 Å². The van der Waals surface area contributed by atoms with Crippen molar-refractivity contribution in [3.8, 4) is 0 Å². The van der Waals surface area contributed by atoms with Crippen LogP contribution in [-0.4, -0.2) is 56.5 Å². The molecule has 0 aromatic carbocycles. The first-order valence-electron chi connectivity index (χ1n) is 7.70.